The van der Waals surface area contributed by atoms with Crippen LogP contribution in [0.2, 0.25) is 0 Å². The molecule has 0 N–H and O–H groups in total. The Labute approximate surface area is 128 Å². The highest BCUT2D eigenvalue weighted by molar-refractivity contribution is 5.82. The standard InChI is InChI=1S/C19H15N3/c1-2-6-15(7-3-1)14-19-17-8-4-5-9-18(17)21-22(19)16-10-12-20-13-11-16/h1-13H,14H2. The van der Waals surface area contributed by atoms with Crippen LogP contribution < -0.4 is 0 Å². The Morgan fingerprint density at radius 1 is 0.773 bits per heavy atom. The quantitative estimate of drug-likeness (QED) is 0.569. The van der Waals surface area contributed by atoms with E-state index in [1.807, 2.05) is 28.9 Å². The highest BCUT2D eigenvalue weighted by Crippen LogP contribution is 2.24. The lowest BCUT2D eigenvalue weighted by Crippen LogP contribution is -2.03. The fourth-order valence-electron chi connectivity index (χ4n) is 2.75. The Kier molecular flexibility index (Phi) is 3.16. The van der Waals surface area contributed by atoms with Crippen molar-refractivity contribution < 1.29 is 0 Å². The van der Waals surface area contributed by atoms with Gasteiger partial charge in [-0.1, -0.05) is 48.5 Å². The number of fused-ring (bicyclic) bond motifs is 1. The van der Waals surface area contributed by atoms with Crippen molar-refractivity contribution in [3.8, 4) is 5.69 Å². The van der Waals surface area contributed by atoms with E-state index in [0.29, 0.717) is 0 Å². The molecule has 0 bridgehead atoms. The summed E-state index contributed by atoms with van der Waals surface area (Å²) in [5.74, 6) is 0. The predicted molar refractivity (Wildman–Crippen MR) is 88.1 cm³/mol. The first-order valence-corrected chi connectivity index (χ1v) is 7.33. The van der Waals surface area contributed by atoms with Crippen LogP contribution >= 0.6 is 0 Å². The number of benzene rings is 2. The van der Waals surface area contributed by atoms with E-state index < -0.39 is 0 Å². The molecule has 0 saturated heterocycles. The number of nitrogens with zero attached hydrogens (tertiary/aromatic N) is 3. The summed E-state index contributed by atoms with van der Waals surface area (Å²) < 4.78 is 2.03. The van der Waals surface area contributed by atoms with Crippen LogP contribution in [0.4, 0.5) is 0 Å². The smallest absolute Gasteiger partial charge is 0.0930 e. The van der Waals surface area contributed by atoms with E-state index in [4.69, 9.17) is 5.10 Å². The van der Waals surface area contributed by atoms with Gasteiger partial charge in [-0.3, -0.25) is 4.98 Å². The molecule has 0 aliphatic heterocycles. The van der Waals surface area contributed by atoms with Gasteiger partial charge in [-0.15, -0.1) is 0 Å². The van der Waals surface area contributed by atoms with Gasteiger partial charge in [-0.25, -0.2) is 4.68 Å². The third kappa shape index (κ3) is 2.27. The average molecular weight is 285 g/mol. The molecule has 0 spiro atoms. The van der Waals surface area contributed by atoms with Crippen LogP contribution in [-0.2, 0) is 6.42 Å². The zero-order valence-corrected chi connectivity index (χ0v) is 12.1. The maximum Gasteiger partial charge on any atom is 0.0930 e. The van der Waals surface area contributed by atoms with Crippen molar-refractivity contribution >= 4 is 10.9 Å². The lowest BCUT2D eigenvalue weighted by Gasteiger charge is -2.08. The van der Waals surface area contributed by atoms with Crippen molar-refractivity contribution in [2.24, 2.45) is 0 Å². The van der Waals surface area contributed by atoms with Gasteiger partial charge >= 0.3 is 0 Å². The van der Waals surface area contributed by atoms with Gasteiger partial charge in [-0.2, -0.15) is 5.10 Å². The minimum atomic E-state index is 0.851. The topological polar surface area (TPSA) is 30.7 Å². The molecule has 0 saturated carbocycles. The van der Waals surface area contributed by atoms with E-state index in [-0.39, 0.29) is 0 Å². The average Bonchev–Trinajstić information content (AvgIpc) is 2.95. The molecule has 2 aromatic heterocycles. The zero-order valence-electron chi connectivity index (χ0n) is 12.1. The molecule has 0 fully saturated rings. The molecule has 0 aliphatic rings. The van der Waals surface area contributed by atoms with E-state index in [1.165, 1.54) is 16.6 Å². The van der Waals surface area contributed by atoms with Crippen LogP contribution in [0.3, 0.4) is 0 Å². The van der Waals surface area contributed by atoms with Crippen molar-refractivity contribution in [2.45, 2.75) is 6.42 Å². The number of aromatic nitrogens is 3. The van der Waals surface area contributed by atoms with Crippen molar-refractivity contribution in [3.63, 3.8) is 0 Å². The summed E-state index contributed by atoms with van der Waals surface area (Å²) in [6, 6.07) is 22.8. The summed E-state index contributed by atoms with van der Waals surface area (Å²) in [7, 11) is 0. The number of pyridine rings is 1. The first-order chi connectivity index (χ1) is 10.9. The highest BCUT2D eigenvalue weighted by Gasteiger charge is 2.12. The molecule has 2 heterocycles. The number of hydrogen-bond donors (Lipinski definition) is 0. The fourth-order valence-corrected chi connectivity index (χ4v) is 2.75. The molecule has 106 valence electrons. The van der Waals surface area contributed by atoms with Gasteiger partial charge in [0.2, 0.25) is 0 Å². The van der Waals surface area contributed by atoms with Crippen LogP contribution in [0.25, 0.3) is 16.6 Å². The van der Waals surface area contributed by atoms with Gasteiger partial charge in [-0.05, 0) is 23.8 Å². The molecule has 4 rings (SSSR count). The maximum atomic E-state index is 4.77. The lowest BCUT2D eigenvalue weighted by atomic mass is 10.1. The number of hydrogen-bond acceptors (Lipinski definition) is 2. The molecule has 0 aliphatic carbocycles. The predicted octanol–water partition coefficient (Wildman–Crippen LogP) is 4.01. The molecule has 2 aromatic carbocycles. The SMILES string of the molecule is c1ccc(Cc2c3ccccc3nn2-c2ccncc2)cc1. The molecule has 0 atom stereocenters. The largest absolute Gasteiger partial charge is 0.265 e. The van der Waals surface area contributed by atoms with Gasteiger partial charge in [0.05, 0.1) is 16.9 Å². The van der Waals surface area contributed by atoms with Crippen molar-refractivity contribution in [1.29, 1.82) is 0 Å². The summed E-state index contributed by atoms with van der Waals surface area (Å²) in [5, 5.41) is 5.97. The molecule has 0 amide bonds. The van der Waals surface area contributed by atoms with Crippen LogP contribution in [0.15, 0.2) is 79.1 Å². The lowest BCUT2D eigenvalue weighted by molar-refractivity contribution is 0.834. The molecular formula is C19H15N3. The summed E-state index contributed by atoms with van der Waals surface area (Å²) in [5.41, 5.74) is 4.54. The third-order valence-corrected chi connectivity index (χ3v) is 3.80. The van der Waals surface area contributed by atoms with Crippen molar-refractivity contribution in [2.75, 3.05) is 0 Å². The molecular weight excluding hydrogens is 270 g/mol. The van der Waals surface area contributed by atoms with E-state index in [1.54, 1.807) is 12.4 Å². The zero-order chi connectivity index (χ0) is 14.8. The van der Waals surface area contributed by atoms with Gasteiger partial charge in [0.25, 0.3) is 0 Å². The second-order valence-corrected chi connectivity index (χ2v) is 5.24. The first kappa shape index (κ1) is 12.8. The summed E-state index contributed by atoms with van der Waals surface area (Å²) in [6.07, 6.45) is 4.45. The van der Waals surface area contributed by atoms with Crippen LogP contribution in [0, 0.1) is 0 Å². The van der Waals surface area contributed by atoms with E-state index in [9.17, 15) is 0 Å². The molecule has 3 nitrogen and oxygen atoms in total. The molecule has 3 heteroatoms. The highest BCUT2D eigenvalue weighted by atomic mass is 15.3. The summed E-state index contributed by atoms with van der Waals surface area (Å²) >= 11 is 0. The second kappa shape index (κ2) is 5.45. The molecule has 4 aromatic rings. The van der Waals surface area contributed by atoms with E-state index in [2.05, 4.69) is 47.4 Å². The summed E-state index contributed by atoms with van der Waals surface area (Å²) in [4.78, 5) is 4.10. The molecule has 0 radical (unpaired) electrons. The minimum Gasteiger partial charge on any atom is -0.265 e. The van der Waals surface area contributed by atoms with Crippen LogP contribution in [-0.4, -0.2) is 14.8 Å². The second-order valence-electron chi connectivity index (χ2n) is 5.24. The molecule has 0 unspecified atom stereocenters. The Morgan fingerprint density at radius 3 is 2.32 bits per heavy atom. The van der Waals surface area contributed by atoms with Gasteiger partial charge in [0.15, 0.2) is 0 Å². The van der Waals surface area contributed by atoms with Crippen molar-refractivity contribution in [3.05, 3.63) is 90.4 Å². The van der Waals surface area contributed by atoms with E-state index >= 15 is 0 Å². The van der Waals surface area contributed by atoms with Gasteiger partial charge < -0.3 is 0 Å². The maximum absolute atomic E-state index is 4.77. The Balaban J connectivity index is 1.91. The number of rotatable bonds is 3. The van der Waals surface area contributed by atoms with Crippen LogP contribution in [0.5, 0.6) is 0 Å². The monoisotopic (exact) mass is 285 g/mol. The summed E-state index contributed by atoms with van der Waals surface area (Å²) in [6.45, 7) is 0. The Hall–Kier alpha value is -2.94. The normalized spacial score (nSPS) is 10.9. The Morgan fingerprint density at radius 2 is 1.50 bits per heavy atom. The van der Waals surface area contributed by atoms with Crippen molar-refractivity contribution in [1.82, 2.24) is 14.8 Å². The van der Waals surface area contributed by atoms with Crippen LogP contribution in [0.1, 0.15) is 11.3 Å². The molecule has 22 heavy (non-hydrogen) atoms. The minimum absolute atomic E-state index is 0.851. The third-order valence-electron chi connectivity index (χ3n) is 3.80. The Bertz CT molecular complexity index is 896. The first-order valence-electron chi connectivity index (χ1n) is 7.33. The van der Waals surface area contributed by atoms with Gasteiger partial charge in [0, 0.05) is 24.2 Å². The van der Waals surface area contributed by atoms with E-state index in [0.717, 1.165) is 17.6 Å². The fraction of sp³-hybridized carbons (Fsp3) is 0.0526. The van der Waals surface area contributed by atoms with Gasteiger partial charge in [0.1, 0.15) is 0 Å².